The van der Waals surface area contributed by atoms with Crippen molar-refractivity contribution in [3.8, 4) is 11.3 Å². The maximum atomic E-state index is 6.27. The van der Waals surface area contributed by atoms with E-state index in [1.165, 1.54) is 0 Å². The van der Waals surface area contributed by atoms with Gasteiger partial charge in [0.2, 0.25) is 0 Å². The normalized spacial score (nSPS) is 18.6. The quantitative estimate of drug-likeness (QED) is 0.610. The average Bonchev–Trinajstić information content (AvgIpc) is 3.12. The Bertz CT molecular complexity index is 954. The summed E-state index contributed by atoms with van der Waals surface area (Å²) < 4.78 is 18.7. The van der Waals surface area contributed by atoms with Gasteiger partial charge in [-0.15, -0.1) is 0 Å². The number of fused-ring (bicyclic) bond motifs is 1. The molecule has 2 heterocycles. The first-order valence-corrected chi connectivity index (χ1v) is 9.14. The lowest BCUT2D eigenvalue weighted by molar-refractivity contribution is 0.00578. The minimum Gasteiger partial charge on any atom is -0.456 e. The van der Waals surface area contributed by atoms with Crippen LogP contribution in [0.4, 0.5) is 0 Å². The number of furan rings is 1. The molecule has 4 rings (SSSR count). The van der Waals surface area contributed by atoms with E-state index in [-0.39, 0.29) is 18.3 Å². The molecule has 4 heteroatoms. The molecule has 2 aromatic carbocycles. The minimum atomic E-state index is -0.363. The Morgan fingerprint density at radius 3 is 2.08 bits per heavy atom. The molecule has 0 radical (unpaired) electrons. The first kappa shape index (κ1) is 17.4. The van der Waals surface area contributed by atoms with Crippen LogP contribution in [0.3, 0.4) is 0 Å². The van der Waals surface area contributed by atoms with Gasteiger partial charge < -0.3 is 13.7 Å². The first-order chi connectivity index (χ1) is 12.2. The first-order valence-electron chi connectivity index (χ1n) is 9.14. The van der Waals surface area contributed by atoms with Gasteiger partial charge in [0.25, 0.3) is 0 Å². The summed E-state index contributed by atoms with van der Waals surface area (Å²) in [6, 6.07) is 14.5. The van der Waals surface area contributed by atoms with E-state index in [2.05, 4.69) is 65.8 Å². The maximum absolute atomic E-state index is 6.27. The van der Waals surface area contributed by atoms with Gasteiger partial charge in [0, 0.05) is 10.9 Å². The number of benzene rings is 2. The molecule has 1 aliphatic rings. The molecule has 0 atom stereocenters. The van der Waals surface area contributed by atoms with Crippen molar-refractivity contribution in [2.45, 2.75) is 52.7 Å². The van der Waals surface area contributed by atoms with Crippen LogP contribution >= 0.6 is 0 Å². The topological polar surface area (TPSA) is 31.6 Å². The summed E-state index contributed by atoms with van der Waals surface area (Å²) in [5, 5.41) is 1.12. The minimum absolute atomic E-state index is 0.349. The SMILES string of the molecule is Cc1c(B2OC(C)(C)C(C)(C)O2)cc(C)c2oc(-c3ccccc3)cc12. The predicted molar refractivity (Wildman–Crippen MR) is 107 cm³/mol. The Morgan fingerprint density at radius 2 is 1.46 bits per heavy atom. The molecule has 0 N–H and O–H groups in total. The fourth-order valence-corrected chi connectivity index (χ4v) is 3.48. The molecule has 3 nitrogen and oxygen atoms in total. The smallest absolute Gasteiger partial charge is 0.456 e. The van der Waals surface area contributed by atoms with Gasteiger partial charge in [-0.2, -0.15) is 0 Å². The lowest BCUT2D eigenvalue weighted by atomic mass is 9.74. The molecule has 0 spiro atoms. The van der Waals surface area contributed by atoms with E-state index in [1.807, 2.05) is 18.2 Å². The number of rotatable bonds is 2. The van der Waals surface area contributed by atoms with Gasteiger partial charge in [-0.1, -0.05) is 36.4 Å². The summed E-state index contributed by atoms with van der Waals surface area (Å²) >= 11 is 0. The third-order valence-corrected chi connectivity index (χ3v) is 5.86. The molecule has 26 heavy (non-hydrogen) atoms. The predicted octanol–water partition coefficient (Wildman–Crippen LogP) is 5.02. The largest absolute Gasteiger partial charge is 0.495 e. The second kappa shape index (κ2) is 5.73. The van der Waals surface area contributed by atoms with Crippen LogP contribution in [0.15, 0.2) is 46.9 Å². The van der Waals surface area contributed by atoms with E-state index in [9.17, 15) is 0 Å². The monoisotopic (exact) mass is 348 g/mol. The molecule has 3 aromatic rings. The van der Waals surface area contributed by atoms with Gasteiger partial charge in [0.1, 0.15) is 11.3 Å². The Balaban J connectivity index is 1.82. The third-order valence-electron chi connectivity index (χ3n) is 5.86. The summed E-state index contributed by atoms with van der Waals surface area (Å²) in [6.07, 6.45) is 0. The van der Waals surface area contributed by atoms with Crippen LogP contribution in [0.2, 0.25) is 0 Å². The van der Waals surface area contributed by atoms with Crippen LogP contribution in [-0.4, -0.2) is 18.3 Å². The molecule has 0 saturated carbocycles. The Kier molecular flexibility index (Phi) is 3.83. The zero-order chi connectivity index (χ0) is 18.7. The van der Waals surface area contributed by atoms with Crippen LogP contribution in [0.1, 0.15) is 38.8 Å². The summed E-state index contributed by atoms with van der Waals surface area (Å²) in [6.45, 7) is 12.5. The molecule has 0 aliphatic carbocycles. The Labute approximate surface area is 155 Å². The van der Waals surface area contributed by atoms with Crippen molar-refractivity contribution in [2.24, 2.45) is 0 Å². The van der Waals surface area contributed by atoms with E-state index in [4.69, 9.17) is 13.7 Å². The lowest BCUT2D eigenvalue weighted by Gasteiger charge is -2.32. The van der Waals surface area contributed by atoms with E-state index >= 15 is 0 Å². The molecule has 1 aliphatic heterocycles. The molecule has 1 fully saturated rings. The van der Waals surface area contributed by atoms with Crippen molar-refractivity contribution >= 4 is 23.6 Å². The Hall–Kier alpha value is -2.04. The lowest BCUT2D eigenvalue weighted by Crippen LogP contribution is -2.41. The summed E-state index contributed by atoms with van der Waals surface area (Å²) in [7, 11) is -0.363. The molecule has 0 bridgehead atoms. The fourth-order valence-electron chi connectivity index (χ4n) is 3.48. The van der Waals surface area contributed by atoms with Crippen LogP contribution < -0.4 is 5.46 Å². The van der Waals surface area contributed by atoms with Gasteiger partial charge in [0.15, 0.2) is 0 Å². The van der Waals surface area contributed by atoms with Crippen LogP contribution in [0.25, 0.3) is 22.3 Å². The van der Waals surface area contributed by atoms with E-state index < -0.39 is 0 Å². The van der Waals surface area contributed by atoms with Crippen molar-refractivity contribution in [3.05, 3.63) is 53.6 Å². The second-order valence-corrected chi connectivity index (χ2v) is 8.22. The summed E-state index contributed by atoms with van der Waals surface area (Å²) in [4.78, 5) is 0. The molecule has 1 saturated heterocycles. The summed E-state index contributed by atoms with van der Waals surface area (Å²) in [5.41, 5.74) is 4.64. The van der Waals surface area contributed by atoms with Crippen molar-refractivity contribution < 1.29 is 13.7 Å². The average molecular weight is 348 g/mol. The van der Waals surface area contributed by atoms with E-state index in [1.54, 1.807) is 0 Å². The number of hydrogen-bond donors (Lipinski definition) is 0. The molecule has 1 aromatic heterocycles. The Morgan fingerprint density at radius 1 is 0.846 bits per heavy atom. The molecular weight excluding hydrogens is 323 g/mol. The van der Waals surface area contributed by atoms with E-state index in [0.717, 1.165) is 38.9 Å². The number of aryl methyl sites for hydroxylation is 2. The standard InChI is InChI=1S/C22H25BO3/c1-14-12-18(23-25-21(3,4)22(5,6)26-23)15(2)17-13-19(24-20(14)17)16-10-8-7-9-11-16/h7-13H,1-6H3. The van der Waals surface area contributed by atoms with Crippen molar-refractivity contribution in [2.75, 3.05) is 0 Å². The fraction of sp³-hybridized carbons (Fsp3) is 0.364. The van der Waals surface area contributed by atoms with Crippen LogP contribution in [0.5, 0.6) is 0 Å². The zero-order valence-electron chi connectivity index (χ0n) is 16.3. The molecule has 0 unspecified atom stereocenters. The maximum Gasteiger partial charge on any atom is 0.495 e. The van der Waals surface area contributed by atoms with Crippen molar-refractivity contribution in [3.63, 3.8) is 0 Å². The molecule has 134 valence electrons. The van der Waals surface area contributed by atoms with Gasteiger partial charge in [-0.25, -0.2) is 0 Å². The highest BCUT2D eigenvalue weighted by Gasteiger charge is 2.52. The third kappa shape index (κ3) is 2.60. The number of hydrogen-bond acceptors (Lipinski definition) is 3. The van der Waals surface area contributed by atoms with Gasteiger partial charge in [-0.05, 0) is 64.2 Å². The second-order valence-electron chi connectivity index (χ2n) is 8.22. The van der Waals surface area contributed by atoms with Gasteiger partial charge >= 0.3 is 7.12 Å². The summed E-state index contributed by atoms with van der Waals surface area (Å²) in [5.74, 6) is 0.887. The highest BCUT2D eigenvalue weighted by molar-refractivity contribution is 6.63. The van der Waals surface area contributed by atoms with Crippen LogP contribution in [-0.2, 0) is 9.31 Å². The van der Waals surface area contributed by atoms with Crippen molar-refractivity contribution in [1.29, 1.82) is 0 Å². The van der Waals surface area contributed by atoms with Gasteiger partial charge in [-0.3, -0.25) is 0 Å². The highest BCUT2D eigenvalue weighted by Crippen LogP contribution is 2.38. The van der Waals surface area contributed by atoms with E-state index in [0.29, 0.717) is 0 Å². The highest BCUT2D eigenvalue weighted by atomic mass is 16.7. The van der Waals surface area contributed by atoms with Crippen molar-refractivity contribution in [1.82, 2.24) is 0 Å². The molecular formula is C22H25BO3. The molecule has 0 amide bonds. The van der Waals surface area contributed by atoms with Gasteiger partial charge in [0.05, 0.1) is 11.2 Å². The zero-order valence-corrected chi connectivity index (χ0v) is 16.3. The van der Waals surface area contributed by atoms with Crippen LogP contribution in [0, 0.1) is 13.8 Å².